The van der Waals surface area contributed by atoms with Gasteiger partial charge in [0, 0.05) is 13.1 Å². The zero-order valence-corrected chi connectivity index (χ0v) is 16.3. The van der Waals surface area contributed by atoms with Crippen LogP contribution in [-0.2, 0) is 6.61 Å². The molecule has 2 amide bonds. The molecule has 1 aliphatic rings. The van der Waals surface area contributed by atoms with Gasteiger partial charge in [-0.05, 0) is 49.2 Å². The highest BCUT2D eigenvalue weighted by Gasteiger charge is 2.23. The smallest absolute Gasteiger partial charge is 0.291 e. The van der Waals surface area contributed by atoms with Gasteiger partial charge in [-0.1, -0.05) is 24.3 Å². The van der Waals surface area contributed by atoms with Crippen molar-refractivity contribution in [1.82, 2.24) is 4.90 Å². The maximum Gasteiger partial charge on any atom is 0.291 e. The van der Waals surface area contributed by atoms with E-state index in [1.54, 1.807) is 47.4 Å². The molecule has 3 aromatic rings. The molecule has 1 fully saturated rings. The van der Waals surface area contributed by atoms with Gasteiger partial charge in [-0.2, -0.15) is 0 Å². The second kappa shape index (κ2) is 8.82. The maximum atomic E-state index is 13.6. The molecule has 154 valence electrons. The Morgan fingerprint density at radius 2 is 1.73 bits per heavy atom. The first kappa shape index (κ1) is 19.7. The van der Waals surface area contributed by atoms with E-state index in [0.29, 0.717) is 17.0 Å². The molecule has 0 radical (unpaired) electrons. The van der Waals surface area contributed by atoms with Crippen LogP contribution in [0.15, 0.2) is 65.1 Å². The van der Waals surface area contributed by atoms with E-state index < -0.39 is 11.7 Å². The van der Waals surface area contributed by atoms with Gasteiger partial charge in [0.1, 0.15) is 12.4 Å². The first-order chi connectivity index (χ1) is 14.6. The van der Waals surface area contributed by atoms with Gasteiger partial charge in [-0.3, -0.25) is 9.59 Å². The van der Waals surface area contributed by atoms with Crippen molar-refractivity contribution in [2.45, 2.75) is 19.4 Å². The predicted molar refractivity (Wildman–Crippen MR) is 109 cm³/mol. The fourth-order valence-corrected chi connectivity index (χ4v) is 3.34. The number of nitrogens with zero attached hydrogens (tertiary/aromatic N) is 1. The van der Waals surface area contributed by atoms with E-state index in [-0.39, 0.29) is 24.0 Å². The van der Waals surface area contributed by atoms with Crippen molar-refractivity contribution in [2.24, 2.45) is 0 Å². The highest BCUT2D eigenvalue weighted by atomic mass is 19.1. The van der Waals surface area contributed by atoms with E-state index in [1.165, 1.54) is 18.2 Å². The third-order valence-corrected chi connectivity index (χ3v) is 4.89. The molecule has 1 aromatic heterocycles. The largest absolute Gasteiger partial charge is 0.483 e. The average Bonchev–Trinajstić information content (AvgIpc) is 3.45. The van der Waals surface area contributed by atoms with Gasteiger partial charge in [-0.25, -0.2) is 4.39 Å². The van der Waals surface area contributed by atoms with Gasteiger partial charge >= 0.3 is 0 Å². The fraction of sp³-hybridized carbons (Fsp3) is 0.217. The molecule has 0 aliphatic carbocycles. The number of rotatable bonds is 6. The van der Waals surface area contributed by atoms with Crippen LogP contribution in [0.25, 0.3) is 0 Å². The second-order valence-electron chi connectivity index (χ2n) is 6.98. The number of amides is 2. The van der Waals surface area contributed by atoms with E-state index in [9.17, 15) is 14.0 Å². The minimum Gasteiger partial charge on any atom is -0.483 e. The van der Waals surface area contributed by atoms with E-state index in [4.69, 9.17) is 9.15 Å². The number of nitrogens with one attached hydrogen (secondary N) is 1. The van der Waals surface area contributed by atoms with Gasteiger partial charge in [0.05, 0.1) is 11.3 Å². The predicted octanol–water partition coefficient (Wildman–Crippen LogP) is 4.49. The molecule has 6 nitrogen and oxygen atoms in total. The summed E-state index contributed by atoms with van der Waals surface area (Å²) in [5, 5.41) is 2.75. The summed E-state index contributed by atoms with van der Waals surface area (Å²) in [5.74, 6) is -0.485. The lowest BCUT2D eigenvalue weighted by molar-refractivity contribution is 0.0794. The third-order valence-electron chi connectivity index (χ3n) is 4.89. The molecular formula is C23H21FN2O4. The number of hydrogen-bond acceptors (Lipinski definition) is 4. The van der Waals surface area contributed by atoms with Gasteiger partial charge in [-0.15, -0.1) is 0 Å². The summed E-state index contributed by atoms with van der Waals surface area (Å²) in [6.07, 6.45) is 1.98. The molecule has 1 saturated heterocycles. The number of likely N-dealkylation sites (tertiary alicyclic amines) is 1. The molecular weight excluding hydrogens is 387 g/mol. The molecule has 7 heteroatoms. The summed E-state index contributed by atoms with van der Waals surface area (Å²) >= 11 is 0. The van der Waals surface area contributed by atoms with E-state index in [0.717, 1.165) is 25.9 Å². The molecule has 30 heavy (non-hydrogen) atoms. The zero-order chi connectivity index (χ0) is 20.9. The fourth-order valence-electron chi connectivity index (χ4n) is 3.34. The third kappa shape index (κ3) is 4.35. The van der Waals surface area contributed by atoms with Gasteiger partial charge < -0.3 is 19.4 Å². The lowest BCUT2D eigenvalue weighted by Gasteiger charge is -2.17. The van der Waals surface area contributed by atoms with Crippen molar-refractivity contribution < 1.29 is 23.1 Å². The minimum atomic E-state index is -0.478. The lowest BCUT2D eigenvalue weighted by atomic mass is 10.1. The Balaban J connectivity index is 1.42. The lowest BCUT2D eigenvalue weighted by Crippen LogP contribution is -2.28. The SMILES string of the molecule is O=C(Nc1ccccc1C(=O)N1CCCC1)c1ccc(COc2ccccc2F)o1. The minimum absolute atomic E-state index is 0.0156. The summed E-state index contributed by atoms with van der Waals surface area (Å²) < 4.78 is 24.5. The number of anilines is 1. The molecule has 0 atom stereocenters. The number of benzene rings is 2. The van der Waals surface area contributed by atoms with Crippen molar-refractivity contribution >= 4 is 17.5 Å². The number of para-hydroxylation sites is 2. The summed E-state index contributed by atoms with van der Waals surface area (Å²) in [7, 11) is 0. The maximum absolute atomic E-state index is 13.6. The van der Waals surface area contributed by atoms with Crippen molar-refractivity contribution in [1.29, 1.82) is 0 Å². The van der Waals surface area contributed by atoms with Crippen LogP contribution < -0.4 is 10.1 Å². The number of hydrogen-bond donors (Lipinski definition) is 1. The molecule has 0 saturated carbocycles. The summed E-state index contributed by atoms with van der Waals surface area (Å²) in [6.45, 7) is 1.44. The molecule has 1 N–H and O–H groups in total. The number of halogens is 1. The Kier molecular flexibility index (Phi) is 5.79. The van der Waals surface area contributed by atoms with Crippen molar-refractivity contribution in [2.75, 3.05) is 18.4 Å². The normalized spacial score (nSPS) is 13.3. The molecule has 0 spiro atoms. The molecule has 2 heterocycles. The number of ether oxygens (including phenoxy) is 1. The molecule has 0 bridgehead atoms. The van der Waals surface area contributed by atoms with Crippen molar-refractivity contribution in [3.8, 4) is 5.75 Å². The first-order valence-electron chi connectivity index (χ1n) is 9.77. The molecule has 1 aliphatic heterocycles. The van der Waals surface area contributed by atoms with Crippen LogP contribution in [0, 0.1) is 5.82 Å². The van der Waals surface area contributed by atoms with Crippen molar-refractivity contribution in [3.05, 3.63) is 83.6 Å². The van der Waals surface area contributed by atoms with E-state index in [2.05, 4.69) is 5.32 Å². The van der Waals surface area contributed by atoms with Crippen LogP contribution in [0.3, 0.4) is 0 Å². The Labute approximate surface area is 173 Å². The summed E-state index contributed by atoms with van der Waals surface area (Å²) in [6, 6.07) is 16.1. The van der Waals surface area contributed by atoms with Crippen LogP contribution >= 0.6 is 0 Å². The van der Waals surface area contributed by atoms with Crippen LogP contribution in [0.4, 0.5) is 10.1 Å². The van der Waals surface area contributed by atoms with E-state index >= 15 is 0 Å². The van der Waals surface area contributed by atoms with E-state index in [1.807, 2.05) is 0 Å². The summed E-state index contributed by atoms with van der Waals surface area (Å²) in [4.78, 5) is 27.2. The topological polar surface area (TPSA) is 71.8 Å². The Morgan fingerprint density at radius 3 is 2.53 bits per heavy atom. The molecule has 2 aromatic carbocycles. The molecule has 4 rings (SSSR count). The van der Waals surface area contributed by atoms with Crippen LogP contribution in [0.5, 0.6) is 5.75 Å². The Hall–Kier alpha value is -3.61. The Morgan fingerprint density at radius 1 is 1.00 bits per heavy atom. The monoisotopic (exact) mass is 408 g/mol. The number of furan rings is 1. The zero-order valence-electron chi connectivity index (χ0n) is 16.3. The summed E-state index contributed by atoms with van der Waals surface area (Å²) in [5.41, 5.74) is 0.877. The van der Waals surface area contributed by atoms with Gasteiger partial charge in [0.2, 0.25) is 0 Å². The number of carbonyl (C=O) groups excluding carboxylic acids is 2. The number of carbonyl (C=O) groups is 2. The second-order valence-corrected chi connectivity index (χ2v) is 6.98. The highest BCUT2D eigenvalue weighted by molar-refractivity contribution is 6.07. The quantitative estimate of drug-likeness (QED) is 0.653. The van der Waals surface area contributed by atoms with Crippen molar-refractivity contribution in [3.63, 3.8) is 0 Å². The average molecular weight is 408 g/mol. The highest BCUT2D eigenvalue weighted by Crippen LogP contribution is 2.22. The Bertz CT molecular complexity index is 1060. The van der Waals surface area contributed by atoms with Crippen LogP contribution in [0.2, 0.25) is 0 Å². The van der Waals surface area contributed by atoms with Crippen LogP contribution in [-0.4, -0.2) is 29.8 Å². The van der Waals surface area contributed by atoms with Gasteiger partial charge in [0.25, 0.3) is 11.8 Å². The van der Waals surface area contributed by atoms with Gasteiger partial charge in [0.15, 0.2) is 17.3 Å². The molecule has 0 unspecified atom stereocenters. The first-order valence-corrected chi connectivity index (χ1v) is 9.77. The van der Waals surface area contributed by atoms with Crippen LogP contribution in [0.1, 0.15) is 39.5 Å². The standard InChI is InChI=1S/C23H21FN2O4/c24-18-8-2-4-10-20(18)29-15-16-11-12-21(30-16)22(27)25-19-9-3-1-7-17(19)23(28)26-13-5-6-14-26/h1-4,7-12H,5-6,13-15H2,(H,25,27).